The first-order valence-corrected chi connectivity index (χ1v) is 13.2. The molecule has 0 bridgehead atoms. The van der Waals surface area contributed by atoms with Crippen molar-refractivity contribution in [2.45, 2.75) is 68.5 Å². The molecule has 2 fully saturated rings. The Hall–Kier alpha value is -1.45. The van der Waals surface area contributed by atoms with E-state index in [1.54, 1.807) is 0 Å². The molecule has 0 saturated heterocycles. The highest BCUT2D eigenvalue weighted by molar-refractivity contribution is 7.91. The smallest absolute Gasteiger partial charge is 0.340 e. The number of carbonyl (C=O) groups is 2. The number of nitrogens with zero attached hydrogens (tertiary/aromatic N) is 1. The summed E-state index contributed by atoms with van der Waals surface area (Å²) in [6, 6.07) is 0. The number of nitrogens with one attached hydrogen (secondary N) is 1. The van der Waals surface area contributed by atoms with Gasteiger partial charge in [-0.25, -0.2) is 17.9 Å². The summed E-state index contributed by atoms with van der Waals surface area (Å²) in [5.41, 5.74) is 0.881. The molecule has 0 atom stereocenters. The Morgan fingerprint density at radius 3 is 2.50 bits per heavy atom. The van der Waals surface area contributed by atoms with Gasteiger partial charge in [0.2, 0.25) is 5.91 Å². The third-order valence-electron chi connectivity index (χ3n) is 6.71. The SMILES string of the molecule is COC(=O)c1c(S(=O)(=O)NCC2CCCCC2)sc2c1CCN(C(=O)C1CCC1)C2. The topological polar surface area (TPSA) is 92.8 Å². The zero-order chi connectivity index (χ0) is 21.3. The van der Waals surface area contributed by atoms with Gasteiger partial charge in [-0.3, -0.25) is 4.79 Å². The van der Waals surface area contributed by atoms with Crippen LogP contribution in [0, 0.1) is 11.8 Å². The fourth-order valence-corrected chi connectivity index (χ4v) is 7.72. The minimum absolute atomic E-state index is 0.0353. The predicted molar refractivity (Wildman–Crippen MR) is 114 cm³/mol. The number of thiophene rings is 1. The predicted octanol–water partition coefficient (Wildman–Crippen LogP) is 3.08. The molecular weight excluding hydrogens is 424 g/mol. The van der Waals surface area contributed by atoms with Gasteiger partial charge in [0, 0.05) is 23.9 Å². The van der Waals surface area contributed by atoms with Crippen LogP contribution in [0.5, 0.6) is 0 Å². The van der Waals surface area contributed by atoms with E-state index in [1.807, 2.05) is 4.90 Å². The Kier molecular flexibility index (Phi) is 6.50. The van der Waals surface area contributed by atoms with E-state index in [4.69, 9.17) is 4.74 Å². The molecule has 7 nitrogen and oxygen atoms in total. The maximum atomic E-state index is 13.1. The van der Waals surface area contributed by atoms with Crippen LogP contribution in [0.15, 0.2) is 4.21 Å². The van der Waals surface area contributed by atoms with Crippen molar-refractivity contribution in [1.29, 1.82) is 0 Å². The lowest BCUT2D eigenvalue weighted by Gasteiger charge is -2.34. The van der Waals surface area contributed by atoms with Crippen molar-refractivity contribution in [3.63, 3.8) is 0 Å². The molecule has 1 aliphatic heterocycles. The van der Waals surface area contributed by atoms with Crippen LogP contribution >= 0.6 is 11.3 Å². The quantitative estimate of drug-likeness (QED) is 0.667. The molecule has 9 heteroatoms. The van der Waals surface area contributed by atoms with E-state index in [0.717, 1.165) is 66.7 Å². The van der Waals surface area contributed by atoms with E-state index in [9.17, 15) is 18.0 Å². The lowest BCUT2D eigenvalue weighted by atomic mass is 9.84. The van der Waals surface area contributed by atoms with E-state index in [-0.39, 0.29) is 21.6 Å². The number of carbonyl (C=O) groups excluding carboxylic acids is 2. The standard InChI is InChI=1S/C21H30N2O5S2/c1-28-20(25)18-16-10-11-23(19(24)15-8-5-9-15)13-17(16)29-21(18)30(26,27)22-12-14-6-3-2-4-7-14/h14-15,22H,2-13H2,1H3. The summed E-state index contributed by atoms with van der Waals surface area (Å²) in [5, 5.41) is 0. The molecule has 2 aliphatic carbocycles. The molecule has 3 aliphatic rings. The van der Waals surface area contributed by atoms with Gasteiger partial charge in [-0.15, -0.1) is 11.3 Å². The van der Waals surface area contributed by atoms with Crippen LogP contribution in [0.25, 0.3) is 0 Å². The van der Waals surface area contributed by atoms with Crippen molar-refractivity contribution in [2.75, 3.05) is 20.2 Å². The van der Waals surface area contributed by atoms with Crippen molar-refractivity contribution in [3.8, 4) is 0 Å². The number of methoxy groups -OCH3 is 1. The van der Waals surface area contributed by atoms with Crippen molar-refractivity contribution in [3.05, 3.63) is 16.0 Å². The molecule has 30 heavy (non-hydrogen) atoms. The zero-order valence-corrected chi connectivity index (χ0v) is 19.1. The fourth-order valence-electron chi connectivity index (χ4n) is 4.66. The minimum atomic E-state index is -3.82. The number of esters is 1. The molecule has 1 amide bonds. The maximum Gasteiger partial charge on any atom is 0.340 e. The average Bonchev–Trinajstić information content (AvgIpc) is 3.11. The highest BCUT2D eigenvalue weighted by Gasteiger charge is 2.37. The van der Waals surface area contributed by atoms with Gasteiger partial charge < -0.3 is 9.64 Å². The number of hydrogen-bond acceptors (Lipinski definition) is 6. The van der Waals surface area contributed by atoms with Gasteiger partial charge in [0.25, 0.3) is 10.0 Å². The zero-order valence-electron chi connectivity index (χ0n) is 17.4. The number of sulfonamides is 1. The Bertz CT molecular complexity index is 914. The van der Waals surface area contributed by atoms with Crippen LogP contribution in [-0.4, -0.2) is 45.4 Å². The van der Waals surface area contributed by atoms with Gasteiger partial charge in [0.05, 0.1) is 19.2 Å². The third kappa shape index (κ3) is 4.29. The highest BCUT2D eigenvalue weighted by Crippen LogP contribution is 2.38. The van der Waals surface area contributed by atoms with Crippen molar-refractivity contribution < 1.29 is 22.7 Å². The van der Waals surface area contributed by atoms with Gasteiger partial charge >= 0.3 is 5.97 Å². The molecule has 0 spiro atoms. The van der Waals surface area contributed by atoms with Crippen LogP contribution < -0.4 is 4.72 Å². The van der Waals surface area contributed by atoms with Crippen molar-refractivity contribution in [1.82, 2.24) is 9.62 Å². The molecule has 4 rings (SSSR count). The molecule has 1 aromatic rings. The Morgan fingerprint density at radius 2 is 1.87 bits per heavy atom. The highest BCUT2D eigenvalue weighted by atomic mass is 32.2. The van der Waals surface area contributed by atoms with Crippen LogP contribution in [-0.2, 0) is 32.5 Å². The molecule has 0 radical (unpaired) electrons. The number of ether oxygens (including phenoxy) is 1. The molecule has 1 aromatic heterocycles. The monoisotopic (exact) mass is 454 g/mol. The number of rotatable bonds is 6. The van der Waals surface area contributed by atoms with Crippen LogP contribution in [0.2, 0.25) is 0 Å². The molecule has 2 saturated carbocycles. The van der Waals surface area contributed by atoms with Gasteiger partial charge in [-0.1, -0.05) is 25.7 Å². The van der Waals surface area contributed by atoms with Crippen LogP contribution in [0.3, 0.4) is 0 Å². The lowest BCUT2D eigenvalue weighted by molar-refractivity contribution is -0.139. The summed E-state index contributed by atoms with van der Waals surface area (Å²) >= 11 is 1.11. The molecular formula is C21H30N2O5S2. The summed E-state index contributed by atoms with van der Waals surface area (Å²) in [6.45, 7) is 1.29. The van der Waals surface area contributed by atoms with Gasteiger partial charge in [-0.2, -0.15) is 0 Å². The van der Waals surface area contributed by atoms with Crippen molar-refractivity contribution in [2.24, 2.45) is 11.8 Å². The summed E-state index contributed by atoms with van der Waals surface area (Å²) in [5.74, 6) is -0.0173. The number of amides is 1. The molecule has 2 heterocycles. The van der Waals surface area contributed by atoms with Gasteiger partial charge in [-0.05, 0) is 43.6 Å². The van der Waals surface area contributed by atoms with E-state index in [0.29, 0.717) is 32.0 Å². The molecule has 0 unspecified atom stereocenters. The Morgan fingerprint density at radius 1 is 1.13 bits per heavy atom. The lowest BCUT2D eigenvalue weighted by Crippen LogP contribution is -2.41. The summed E-state index contributed by atoms with van der Waals surface area (Å²) in [7, 11) is -2.55. The van der Waals surface area contributed by atoms with E-state index < -0.39 is 16.0 Å². The summed E-state index contributed by atoms with van der Waals surface area (Å²) in [6.07, 6.45) is 8.99. The fraction of sp³-hybridized carbons (Fsp3) is 0.714. The first-order chi connectivity index (χ1) is 14.4. The van der Waals surface area contributed by atoms with Gasteiger partial charge in [0.15, 0.2) is 0 Å². The average molecular weight is 455 g/mol. The maximum absolute atomic E-state index is 13.1. The normalized spacial score (nSPS) is 20.5. The molecule has 166 valence electrons. The minimum Gasteiger partial charge on any atom is -0.465 e. The van der Waals surface area contributed by atoms with Crippen LogP contribution in [0.4, 0.5) is 0 Å². The van der Waals surface area contributed by atoms with E-state index in [2.05, 4.69) is 4.72 Å². The number of hydrogen-bond donors (Lipinski definition) is 1. The second-order valence-corrected chi connectivity index (χ2v) is 11.7. The summed E-state index contributed by atoms with van der Waals surface area (Å²) in [4.78, 5) is 27.8. The summed E-state index contributed by atoms with van der Waals surface area (Å²) < 4.78 is 33.9. The number of fused-ring (bicyclic) bond motifs is 1. The first-order valence-electron chi connectivity index (χ1n) is 10.9. The Labute approximate surface area is 182 Å². The molecule has 1 N–H and O–H groups in total. The Balaban J connectivity index is 1.57. The first kappa shape index (κ1) is 21.8. The van der Waals surface area contributed by atoms with E-state index >= 15 is 0 Å². The van der Waals surface area contributed by atoms with Crippen molar-refractivity contribution >= 4 is 33.2 Å². The second kappa shape index (κ2) is 8.96. The second-order valence-electron chi connectivity index (χ2n) is 8.65. The van der Waals surface area contributed by atoms with Crippen LogP contribution in [0.1, 0.15) is 72.2 Å². The van der Waals surface area contributed by atoms with Gasteiger partial charge in [0.1, 0.15) is 4.21 Å². The molecule has 0 aromatic carbocycles. The third-order valence-corrected chi connectivity index (χ3v) is 9.87. The largest absolute Gasteiger partial charge is 0.465 e. The van der Waals surface area contributed by atoms with E-state index in [1.165, 1.54) is 13.5 Å².